The molecule has 1 aliphatic rings. The van der Waals surface area contributed by atoms with Crippen LogP contribution in [0.5, 0.6) is 0 Å². The second-order valence-corrected chi connectivity index (χ2v) is 8.50. The van der Waals surface area contributed by atoms with Crippen LogP contribution in [0.1, 0.15) is 41.3 Å². The summed E-state index contributed by atoms with van der Waals surface area (Å²) in [5.74, 6) is 1.01. The summed E-state index contributed by atoms with van der Waals surface area (Å²) in [7, 11) is 1.73. The standard InChI is InChI=1S/C25H24N4O2/c1-15-5-7-21-18(12-15)23(19(14-26)25(30)28(21)3)29-10-8-17(9-11-29)24-27-20-6-4-16(2)13-22(20)31-24/h4-7,12-13,17H,8-11H2,1-3H3. The maximum Gasteiger partial charge on any atom is 0.270 e. The molecule has 6 heteroatoms. The lowest BCUT2D eigenvalue weighted by Crippen LogP contribution is -2.35. The molecule has 1 aliphatic heterocycles. The zero-order valence-electron chi connectivity index (χ0n) is 18.0. The van der Waals surface area contributed by atoms with Crippen molar-refractivity contribution in [2.45, 2.75) is 32.6 Å². The molecule has 0 N–H and O–H groups in total. The van der Waals surface area contributed by atoms with E-state index in [0.717, 1.165) is 70.6 Å². The third kappa shape index (κ3) is 3.17. The first-order valence-corrected chi connectivity index (χ1v) is 10.6. The predicted molar refractivity (Wildman–Crippen MR) is 122 cm³/mol. The van der Waals surface area contributed by atoms with Gasteiger partial charge in [-0.2, -0.15) is 5.26 Å². The first kappa shape index (κ1) is 19.4. The van der Waals surface area contributed by atoms with Crippen LogP contribution in [0.15, 0.2) is 45.6 Å². The van der Waals surface area contributed by atoms with Gasteiger partial charge in [-0.3, -0.25) is 4.79 Å². The summed E-state index contributed by atoms with van der Waals surface area (Å²) in [5.41, 5.74) is 5.56. The SMILES string of the molecule is Cc1ccc2nc(C3CCN(c4c(C#N)c(=O)n(C)c5ccc(C)cc45)CC3)oc2c1. The third-order valence-corrected chi connectivity index (χ3v) is 6.36. The third-order valence-electron chi connectivity index (χ3n) is 6.36. The molecule has 0 unspecified atom stereocenters. The van der Waals surface area contributed by atoms with Gasteiger partial charge in [0.15, 0.2) is 11.5 Å². The van der Waals surface area contributed by atoms with E-state index in [1.165, 1.54) is 0 Å². The van der Waals surface area contributed by atoms with Gasteiger partial charge < -0.3 is 13.9 Å². The molecule has 0 bridgehead atoms. The summed E-state index contributed by atoms with van der Waals surface area (Å²) in [5, 5.41) is 10.8. The fourth-order valence-electron chi connectivity index (χ4n) is 4.65. The first-order chi connectivity index (χ1) is 15.0. The Balaban J connectivity index is 1.50. The lowest BCUT2D eigenvalue weighted by Gasteiger charge is -2.33. The second kappa shape index (κ2) is 7.28. The number of anilines is 1. The number of hydrogen-bond acceptors (Lipinski definition) is 5. The van der Waals surface area contributed by atoms with Crippen LogP contribution in [-0.2, 0) is 7.05 Å². The van der Waals surface area contributed by atoms with Gasteiger partial charge >= 0.3 is 0 Å². The van der Waals surface area contributed by atoms with E-state index in [2.05, 4.69) is 17.0 Å². The summed E-state index contributed by atoms with van der Waals surface area (Å²) >= 11 is 0. The van der Waals surface area contributed by atoms with E-state index in [1.54, 1.807) is 11.6 Å². The highest BCUT2D eigenvalue weighted by Crippen LogP contribution is 2.35. The van der Waals surface area contributed by atoms with Crippen molar-refractivity contribution in [3.05, 3.63) is 69.3 Å². The Labute approximate surface area is 180 Å². The molecule has 0 spiro atoms. The van der Waals surface area contributed by atoms with E-state index in [4.69, 9.17) is 9.40 Å². The van der Waals surface area contributed by atoms with Crippen LogP contribution in [0.2, 0.25) is 0 Å². The number of benzene rings is 2. The van der Waals surface area contributed by atoms with Crippen LogP contribution in [-0.4, -0.2) is 22.6 Å². The number of pyridine rings is 1. The molecular weight excluding hydrogens is 388 g/mol. The summed E-state index contributed by atoms with van der Waals surface area (Å²) in [6.07, 6.45) is 1.72. The highest BCUT2D eigenvalue weighted by molar-refractivity contribution is 5.95. The van der Waals surface area contributed by atoms with E-state index in [-0.39, 0.29) is 17.0 Å². The molecule has 5 rings (SSSR count). The zero-order chi connectivity index (χ0) is 21.7. The number of aryl methyl sites for hydroxylation is 3. The molecule has 156 valence electrons. The number of nitrogens with zero attached hydrogens (tertiary/aromatic N) is 4. The lowest BCUT2D eigenvalue weighted by molar-refractivity contribution is 0.407. The average Bonchev–Trinajstić information content (AvgIpc) is 3.19. The molecule has 2 aromatic heterocycles. The number of oxazole rings is 1. The monoisotopic (exact) mass is 412 g/mol. The Morgan fingerprint density at radius 3 is 2.55 bits per heavy atom. The van der Waals surface area contributed by atoms with Crippen LogP contribution >= 0.6 is 0 Å². The maximum absolute atomic E-state index is 12.9. The van der Waals surface area contributed by atoms with Gasteiger partial charge in [0, 0.05) is 31.4 Å². The number of aromatic nitrogens is 2. The van der Waals surface area contributed by atoms with Crippen LogP contribution in [0.25, 0.3) is 22.0 Å². The van der Waals surface area contributed by atoms with Crippen molar-refractivity contribution in [1.29, 1.82) is 5.26 Å². The number of hydrogen-bond donors (Lipinski definition) is 0. The van der Waals surface area contributed by atoms with Crippen molar-refractivity contribution >= 4 is 27.7 Å². The van der Waals surface area contributed by atoms with Crippen molar-refractivity contribution in [1.82, 2.24) is 9.55 Å². The van der Waals surface area contributed by atoms with Gasteiger partial charge in [0.05, 0.1) is 11.2 Å². The zero-order valence-corrected chi connectivity index (χ0v) is 18.0. The van der Waals surface area contributed by atoms with Crippen molar-refractivity contribution in [3.63, 3.8) is 0 Å². The Kier molecular flexibility index (Phi) is 4.55. The van der Waals surface area contributed by atoms with Crippen molar-refractivity contribution in [3.8, 4) is 6.07 Å². The predicted octanol–water partition coefficient (Wildman–Crippen LogP) is 4.55. The summed E-state index contributed by atoms with van der Waals surface area (Å²) in [6, 6.07) is 14.3. The Morgan fingerprint density at radius 2 is 1.81 bits per heavy atom. The molecule has 6 nitrogen and oxygen atoms in total. The number of piperidine rings is 1. The van der Waals surface area contributed by atoms with Crippen LogP contribution < -0.4 is 10.5 Å². The van der Waals surface area contributed by atoms with Gasteiger partial charge in [-0.1, -0.05) is 17.7 Å². The minimum atomic E-state index is -0.245. The molecule has 0 aliphatic carbocycles. The maximum atomic E-state index is 12.9. The number of nitriles is 1. The van der Waals surface area contributed by atoms with Crippen molar-refractivity contribution < 1.29 is 4.42 Å². The molecule has 0 saturated carbocycles. The Bertz CT molecular complexity index is 1420. The van der Waals surface area contributed by atoms with Crippen molar-refractivity contribution in [2.75, 3.05) is 18.0 Å². The highest BCUT2D eigenvalue weighted by atomic mass is 16.3. The van der Waals surface area contributed by atoms with Gasteiger partial charge in [-0.25, -0.2) is 4.98 Å². The average molecular weight is 412 g/mol. The normalized spacial score (nSPS) is 15.0. The van der Waals surface area contributed by atoms with Crippen LogP contribution in [0.4, 0.5) is 5.69 Å². The Hall–Kier alpha value is -3.59. The van der Waals surface area contributed by atoms with Crippen molar-refractivity contribution in [2.24, 2.45) is 7.05 Å². The quantitative estimate of drug-likeness (QED) is 0.483. The molecule has 0 atom stereocenters. The lowest BCUT2D eigenvalue weighted by atomic mass is 9.95. The molecule has 1 saturated heterocycles. The minimum absolute atomic E-state index is 0.219. The van der Waals surface area contributed by atoms with E-state index < -0.39 is 0 Å². The van der Waals surface area contributed by atoms with Gasteiger partial charge in [0.25, 0.3) is 5.56 Å². The van der Waals surface area contributed by atoms with Crippen LogP contribution in [0, 0.1) is 25.2 Å². The van der Waals surface area contributed by atoms with E-state index in [0.29, 0.717) is 0 Å². The molecule has 3 heterocycles. The van der Waals surface area contributed by atoms with Gasteiger partial charge in [-0.05, 0) is 56.5 Å². The molecule has 0 radical (unpaired) electrons. The van der Waals surface area contributed by atoms with E-state index in [9.17, 15) is 10.1 Å². The van der Waals surface area contributed by atoms with Gasteiger partial charge in [-0.15, -0.1) is 0 Å². The van der Waals surface area contributed by atoms with E-state index in [1.807, 2.05) is 44.2 Å². The summed E-state index contributed by atoms with van der Waals surface area (Å²) in [4.78, 5) is 19.8. The first-order valence-electron chi connectivity index (χ1n) is 10.6. The van der Waals surface area contributed by atoms with Crippen LogP contribution in [0.3, 0.4) is 0 Å². The number of fused-ring (bicyclic) bond motifs is 2. The topological polar surface area (TPSA) is 75.1 Å². The smallest absolute Gasteiger partial charge is 0.270 e. The van der Waals surface area contributed by atoms with E-state index >= 15 is 0 Å². The molecular formula is C25H24N4O2. The van der Waals surface area contributed by atoms with Gasteiger partial charge in [0.1, 0.15) is 17.1 Å². The molecule has 0 amide bonds. The fraction of sp³-hybridized carbons (Fsp3) is 0.320. The largest absolute Gasteiger partial charge is 0.440 e. The summed E-state index contributed by atoms with van der Waals surface area (Å²) in [6.45, 7) is 5.56. The molecule has 1 fully saturated rings. The molecule has 31 heavy (non-hydrogen) atoms. The number of rotatable bonds is 2. The fourth-order valence-corrected chi connectivity index (χ4v) is 4.65. The molecule has 2 aromatic carbocycles. The second-order valence-electron chi connectivity index (χ2n) is 8.50. The minimum Gasteiger partial charge on any atom is -0.440 e. The Morgan fingerprint density at radius 1 is 1.10 bits per heavy atom. The van der Waals surface area contributed by atoms with Gasteiger partial charge in [0.2, 0.25) is 0 Å². The summed E-state index contributed by atoms with van der Waals surface area (Å²) < 4.78 is 7.63. The highest BCUT2D eigenvalue weighted by Gasteiger charge is 2.28. The molecule has 4 aromatic rings.